The smallest absolute Gasteiger partial charge is 0.243 e. The second-order valence-electron chi connectivity index (χ2n) is 8.53. The number of aryl methyl sites for hydroxylation is 2. The van der Waals surface area contributed by atoms with E-state index in [4.69, 9.17) is 4.74 Å². The molecule has 1 unspecified atom stereocenters. The molecule has 1 aromatic carbocycles. The Morgan fingerprint density at radius 1 is 1.07 bits per heavy atom. The van der Waals surface area contributed by atoms with Crippen LogP contribution in [0.5, 0.6) is 0 Å². The van der Waals surface area contributed by atoms with Crippen molar-refractivity contribution in [1.29, 1.82) is 0 Å². The van der Waals surface area contributed by atoms with E-state index in [0.717, 1.165) is 45.1 Å². The van der Waals surface area contributed by atoms with Crippen LogP contribution in [0.25, 0.3) is 0 Å². The van der Waals surface area contributed by atoms with E-state index in [1.54, 1.807) is 10.4 Å². The number of rotatable bonds is 6. The van der Waals surface area contributed by atoms with Crippen molar-refractivity contribution >= 4 is 15.9 Å². The molecule has 2 heterocycles. The molecule has 1 aromatic rings. The van der Waals surface area contributed by atoms with Crippen LogP contribution in [-0.2, 0) is 32.4 Å². The van der Waals surface area contributed by atoms with Gasteiger partial charge in [-0.3, -0.25) is 4.79 Å². The third kappa shape index (κ3) is 4.84. The summed E-state index contributed by atoms with van der Waals surface area (Å²) in [7, 11) is -3.49. The van der Waals surface area contributed by atoms with Gasteiger partial charge in [-0.05, 0) is 81.0 Å². The zero-order valence-corrected chi connectivity index (χ0v) is 17.9. The molecule has 6 nitrogen and oxygen atoms in total. The molecule has 29 heavy (non-hydrogen) atoms. The lowest BCUT2D eigenvalue weighted by Crippen LogP contribution is -2.43. The van der Waals surface area contributed by atoms with E-state index in [9.17, 15) is 13.2 Å². The van der Waals surface area contributed by atoms with Crippen molar-refractivity contribution in [1.82, 2.24) is 9.62 Å². The van der Waals surface area contributed by atoms with Crippen molar-refractivity contribution in [3.8, 4) is 0 Å². The number of nitrogens with one attached hydrogen (secondary N) is 1. The van der Waals surface area contributed by atoms with Gasteiger partial charge in [0.05, 0.1) is 11.0 Å². The number of carbonyl (C=O) groups is 1. The lowest BCUT2D eigenvalue weighted by atomic mass is 9.92. The molecule has 2 fully saturated rings. The van der Waals surface area contributed by atoms with Crippen LogP contribution in [0.2, 0.25) is 0 Å². The maximum Gasteiger partial charge on any atom is 0.243 e. The van der Waals surface area contributed by atoms with Crippen LogP contribution in [0.4, 0.5) is 0 Å². The van der Waals surface area contributed by atoms with Gasteiger partial charge >= 0.3 is 0 Å². The summed E-state index contributed by atoms with van der Waals surface area (Å²) in [4.78, 5) is 12.8. The van der Waals surface area contributed by atoms with E-state index >= 15 is 0 Å². The molecule has 2 aliphatic heterocycles. The number of hydrogen-bond acceptors (Lipinski definition) is 4. The van der Waals surface area contributed by atoms with Crippen molar-refractivity contribution in [2.45, 2.75) is 68.8 Å². The highest BCUT2D eigenvalue weighted by Crippen LogP contribution is 2.28. The van der Waals surface area contributed by atoms with E-state index in [1.807, 2.05) is 12.1 Å². The second kappa shape index (κ2) is 9.14. The van der Waals surface area contributed by atoms with Crippen LogP contribution in [0, 0.1) is 5.92 Å². The summed E-state index contributed by atoms with van der Waals surface area (Å²) in [6, 6.07) is 5.60. The first-order chi connectivity index (χ1) is 14.0. The predicted octanol–water partition coefficient (Wildman–Crippen LogP) is 2.65. The normalized spacial score (nSPS) is 23.7. The summed E-state index contributed by atoms with van der Waals surface area (Å²) in [5, 5.41) is 3.01. The first kappa shape index (κ1) is 20.8. The summed E-state index contributed by atoms with van der Waals surface area (Å²) in [5.41, 5.74) is 2.46. The average molecular weight is 421 g/mol. The Balaban J connectivity index is 1.29. The lowest BCUT2D eigenvalue weighted by Gasteiger charge is -2.31. The fourth-order valence-corrected chi connectivity index (χ4v) is 6.27. The monoisotopic (exact) mass is 420 g/mol. The van der Waals surface area contributed by atoms with Crippen LogP contribution in [-0.4, -0.2) is 51.0 Å². The highest BCUT2D eigenvalue weighted by Gasteiger charge is 2.32. The number of fused-ring (bicyclic) bond motifs is 1. The summed E-state index contributed by atoms with van der Waals surface area (Å²) in [5.74, 6) is -0.0525. The van der Waals surface area contributed by atoms with E-state index < -0.39 is 10.0 Å². The number of piperidine rings is 1. The molecule has 160 valence electrons. The molecule has 3 aliphatic rings. The SMILES string of the molecule is O=C(NCCC1CCCO1)C1CCN(S(=O)(=O)c2ccc3c(c2)CCCC3)CC1. The molecule has 0 radical (unpaired) electrons. The highest BCUT2D eigenvalue weighted by molar-refractivity contribution is 7.89. The Labute approximate surface area is 174 Å². The summed E-state index contributed by atoms with van der Waals surface area (Å²) in [6.45, 7) is 2.28. The van der Waals surface area contributed by atoms with Gasteiger partial charge in [0.15, 0.2) is 0 Å². The third-order valence-electron chi connectivity index (χ3n) is 6.57. The summed E-state index contributed by atoms with van der Waals surface area (Å²) in [6.07, 6.45) is 8.80. The Morgan fingerprint density at radius 3 is 2.55 bits per heavy atom. The standard InChI is InChI=1S/C22H32N2O4S/c25-22(23-12-9-20-6-3-15-28-20)18-10-13-24(14-11-18)29(26,27)21-8-7-17-4-1-2-5-19(17)16-21/h7-8,16,18,20H,1-6,9-15H2,(H,23,25). The highest BCUT2D eigenvalue weighted by atomic mass is 32.2. The van der Waals surface area contributed by atoms with E-state index in [1.165, 1.54) is 17.5 Å². The molecule has 1 atom stereocenters. The first-order valence-corrected chi connectivity index (χ1v) is 12.5. The molecule has 7 heteroatoms. The van der Waals surface area contributed by atoms with E-state index in [2.05, 4.69) is 5.32 Å². The van der Waals surface area contributed by atoms with Gasteiger partial charge in [-0.1, -0.05) is 6.07 Å². The molecule has 0 saturated carbocycles. The van der Waals surface area contributed by atoms with Crippen molar-refractivity contribution in [3.05, 3.63) is 29.3 Å². The number of sulfonamides is 1. The Hall–Kier alpha value is -1.44. The minimum absolute atomic E-state index is 0.0498. The van der Waals surface area contributed by atoms with E-state index in [0.29, 0.717) is 37.4 Å². The van der Waals surface area contributed by atoms with Crippen LogP contribution in [0.1, 0.15) is 56.1 Å². The molecule has 1 amide bonds. The van der Waals surface area contributed by atoms with Crippen LogP contribution in [0.15, 0.2) is 23.1 Å². The van der Waals surface area contributed by atoms with Crippen LogP contribution < -0.4 is 5.32 Å². The zero-order chi connectivity index (χ0) is 20.3. The fourth-order valence-electron chi connectivity index (χ4n) is 4.75. The van der Waals surface area contributed by atoms with Gasteiger partial charge in [-0.25, -0.2) is 8.42 Å². The quantitative estimate of drug-likeness (QED) is 0.768. The topological polar surface area (TPSA) is 75.7 Å². The van der Waals surface area contributed by atoms with Crippen molar-refractivity contribution < 1.29 is 17.9 Å². The van der Waals surface area contributed by atoms with Gasteiger partial charge < -0.3 is 10.1 Å². The van der Waals surface area contributed by atoms with Gasteiger partial charge in [0.25, 0.3) is 0 Å². The molecule has 4 rings (SSSR count). The molecule has 0 spiro atoms. The van der Waals surface area contributed by atoms with Gasteiger partial charge in [0, 0.05) is 32.2 Å². The molecule has 2 saturated heterocycles. The Kier molecular flexibility index (Phi) is 6.56. The number of ether oxygens (including phenoxy) is 1. The lowest BCUT2D eigenvalue weighted by molar-refractivity contribution is -0.126. The average Bonchev–Trinajstić information content (AvgIpc) is 3.27. The van der Waals surface area contributed by atoms with Crippen LogP contribution in [0.3, 0.4) is 0 Å². The number of carbonyl (C=O) groups excluding carboxylic acids is 1. The number of amides is 1. The van der Waals surface area contributed by atoms with Gasteiger partial charge in [0.2, 0.25) is 15.9 Å². The molecular formula is C22H32N2O4S. The van der Waals surface area contributed by atoms with E-state index in [-0.39, 0.29) is 17.9 Å². The number of benzene rings is 1. The Morgan fingerprint density at radius 2 is 1.83 bits per heavy atom. The van der Waals surface area contributed by atoms with Gasteiger partial charge in [0.1, 0.15) is 0 Å². The van der Waals surface area contributed by atoms with Gasteiger partial charge in [-0.15, -0.1) is 0 Å². The van der Waals surface area contributed by atoms with Crippen molar-refractivity contribution in [2.75, 3.05) is 26.2 Å². The Bertz CT molecular complexity index is 825. The van der Waals surface area contributed by atoms with Crippen molar-refractivity contribution in [2.24, 2.45) is 5.92 Å². The third-order valence-corrected chi connectivity index (χ3v) is 8.47. The number of nitrogens with zero attached hydrogens (tertiary/aromatic N) is 1. The maximum absolute atomic E-state index is 13.1. The van der Waals surface area contributed by atoms with Crippen molar-refractivity contribution in [3.63, 3.8) is 0 Å². The van der Waals surface area contributed by atoms with Crippen LogP contribution >= 0.6 is 0 Å². The molecule has 0 aromatic heterocycles. The molecule has 1 N–H and O–H groups in total. The molecule has 0 bridgehead atoms. The van der Waals surface area contributed by atoms with Gasteiger partial charge in [-0.2, -0.15) is 4.31 Å². The number of hydrogen-bond donors (Lipinski definition) is 1. The zero-order valence-electron chi connectivity index (χ0n) is 17.1. The minimum atomic E-state index is -3.49. The first-order valence-electron chi connectivity index (χ1n) is 11.1. The maximum atomic E-state index is 13.1. The largest absolute Gasteiger partial charge is 0.378 e. The fraction of sp³-hybridized carbons (Fsp3) is 0.682. The predicted molar refractivity (Wildman–Crippen MR) is 111 cm³/mol. The summed E-state index contributed by atoms with van der Waals surface area (Å²) >= 11 is 0. The minimum Gasteiger partial charge on any atom is -0.378 e. The molecule has 1 aliphatic carbocycles. The second-order valence-corrected chi connectivity index (χ2v) is 10.5. The molecular weight excluding hydrogens is 388 g/mol. The summed E-state index contributed by atoms with van der Waals surface area (Å²) < 4.78 is 33.3.